The second-order valence-corrected chi connectivity index (χ2v) is 6.50. The van der Waals surface area contributed by atoms with E-state index in [0.29, 0.717) is 17.9 Å². The molecular weight excluding hydrogens is 253 g/mol. The van der Waals surface area contributed by atoms with E-state index in [9.17, 15) is 13.2 Å². The second-order valence-electron chi connectivity index (χ2n) is 6.50. The summed E-state index contributed by atoms with van der Waals surface area (Å²) in [6.45, 7) is 6.06. The van der Waals surface area contributed by atoms with Crippen molar-refractivity contribution >= 4 is 0 Å². The van der Waals surface area contributed by atoms with Crippen molar-refractivity contribution in [3.05, 3.63) is 0 Å². The fourth-order valence-corrected chi connectivity index (χ4v) is 3.02. The predicted octanol–water partition coefficient (Wildman–Crippen LogP) is 3.04. The van der Waals surface area contributed by atoms with Gasteiger partial charge in [0.15, 0.2) is 0 Å². The summed E-state index contributed by atoms with van der Waals surface area (Å²) in [7, 11) is 0. The number of rotatable bonds is 5. The maximum Gasteiger partial charge on any atom is 0.390 e. The van der Waals surface area contributed by atoms with Gasteiger partial charge in [0.2, 0.25) is 0 Å². The fraction of sp³-hybridized carbons (Fsp3) is 1.00. The van der Waals surface area contributed by atoms with Gasteiger partial charge in [-0.3, -0.25) is 4.90 Å². The molecule has 0 aromatic carbocycles. The van der Waals surface area contributed by atoms with Crippen LogP contribution in [-0.4, -0.2) is 42.8 Å². The Bertz CT molecular complexity index is 287. The molecule has 2 atom stereocenters. The Morgan fingerprint density at radius 1 is 1.26 bits per heavy atom. The van der Waals surface area contributed by atoms with Crippen LogP contribution in [0.3, 0.4) is 0 Å². The first kappa shape index (κ1) is 15.1. The molecule has 2 nitrogen and oxygen atoms in total. The molecule has 5 heteroatoms. The van der Waals surface area contributed by atoms with Crippen LogP contribution in [0.4, 0.5) is 13.2 Å². The largest absolute Gasteiger partial charge is 0.390 e. The van der Waals surface area contributed by atoms with Gasteiger partial charge in [-0.25, -0.2) is 0 Å². The van der Waals surface area contributed by atoms with Gasteiger partial charge in [0.25, 0.3) is 0 Å². The zero-order chi connectivity index (χ0) is 14.0. The normalized spacial score (nSPS) is 30.0. The van der Waals surface area contributed by atoms with Crippen LogP contribution in [0.25, 0.3) is 0 Å². The van der Waals surface area contributed by atoms with Crippen molar-refractivity contribution in [2.24, 2.45) is 11.8 Å². The number of hydrogen-bond acceptors (Lipinski definition) is 2. The Hall–Kier alpha value is -0.290. The number of nitrogens with one attached hydrogen (secondary N) is 1. The van der Waals surface area contributed by atoms with E-state index in [-0.39, 0.29) is 12.6 Å². The third-order valence-corrected chi connectivity index (χ3v) is 4.18. The van der Waals surface area contributed by atoms with E-state index in [2.05, 4.69) is 24.1 Å². The SMILES string of the molecule is CC(C)CC1CNC(C2CC2)CN1CCC(F)(F)F. The van der Waals surface area contributed by atoms with E-state index in [1.165, 1.54) is 12.8 Å². The van der Waals surface area contributed by atoms with Crippen LogP contribution >= 0.6 is 0 Å². The van der Waals surface area contributed by atoms with Crippen LogP contribution in [0.2, 0.25) is 0 Å². The molecule has 0 radical (unpaired) electrons. The van der Waals surface area contributed by atoms with Crippen molar-refractivity contribution in [2.45, 2.75) is 57.8 Å². The standard InChI is InChI=1S/C14H25F3N2/c1-10(2)7-12-8-18-13(11-3-4-11)9-19(12)6-5-14(15,16)17/h10-13,18H,3-9H2,1-2H3. The van der Waals surface area contributed by atoms with Crippen LogP contribution in [0.15, 0.2) is 0 Å². The van der Waals surface area contributed by atoms with E-state index in [1.54, 1.807) is 0 Å². The summed E-state index contributed by atoms with van der Waals surface area (Å²) in [6.07, 6.45) is -1.27. The molecule has 0 aromatic rings. The number of alkyl halides is 3. The zero-order valence-corrected chi connectivity index (χ0v) is 11.8. The molecular formula is C14H25F3N2. The summed E-state index contributed by atoms with van der Waals surface area (Å²) < 4.78 is 37.3. The molecule has 1 heterocycles. The lowest BCUT2D eigenvalue weighted by atomic mass is 9.97. The Labute approximate surface area is 113 Å². The molecule has 2 aliphatic rings. The highest BCUT2D eigenvalue weighted by Crippen LogP contribution is 2.35. The van der Waals surface area contributed by atoms with Crippen LogP contribution in [0.5, 0.6) is 0 Å². The molecule has 2 unspecified atom stereocenters. The molecule has 1 saturated heterocycles. The molecule has 0 bridgehead atoms. The molecule has 1 N–H and O–H groups in total. The van der Waals surface area contributed by atoms with Crippen molar-refractivity contribution in [1.29, 1.82) is 0 Å². The van der Waals surface area contributed by atoms with Gasteiger partial charge in [-0.05, 0) is 31.1 Å². The average molecular weight is 278 g/mol. The summed E-state index contributed by atoms with van der Waals surface area (Å²) in [5, 5.41) is 3.54. The molecule has 0 spiro atoms. The lowest BCUT2D eigenvalue weighted by molar-refractivity contribution is -0.140. The molecule has 2 fully saturated rings. The van der Waals surface area contributed by atoms with Crippen LogP contribution < -0.4 is 5.32 Å². The summed E-state index contributed by atoms with van der Waals surface area (Å²) >= 11 is 0. The zero-order valence-electron chi connectivity index (χ0n) is 11.8. The number of piperazine rings is 1. The lowest BCUT2D eigenvalue weighted by Gasteiger charge is -2.41. The quantitative estimate of drug-likeness (QED) is 0.831. The van der Waals surface area contributed by atoms with E-state index >= 15 is 0 Å². The summed E-state index contributed by atoms with van der Waals surface area (Å²) in [6, 6.07) is 0.675. The van der Waals surface area contributed by atoms with Gasteiger partial charge < -0.3 is 5.32 Å². The monoisotopic (exact) mass is 278 g/mol. The van der Waals surface area contributed by atoms with E-state index < -0.39 is 12.6 Å². The first-order valence-electron chi connectivity index (χ1n) is 7.39. The van der Waals surface area contributed by atoms with Gasteiger partial charge in [-0.2, -0.15) is 13.2 Å². The molecule has 0 aromatic heterocycles. The van der Waals surface area contributed by atoms with Crippen molar-refractivity contribution in [3.63, 3.8) is 0 Å². The van der Waals surface area contributed by atoms with Crippen molar-refractivity contribution in [2.75, 3.05) is 19.6 Å². The third-order valence-electron chi connectivity index (χ3n) is 4.18. The average Bonchev–Trinajstić information content (AvgIpc) is 3.09. The predicted molar refractivity (Wildman–Crippen MR) is 70.0 cm³/mol. The van der Waals surface area contributed by atoms with Crippen molar-refractivity contribution in [3.8, 4) is 0 Å². The van der Waals surface area contributed by atoms with Crippen LogP contribution in [0, 0.1) is 11.8 Å². The molecule has 0 amide bonds. The van der Waals surface area contributed by atoms with Gasteiger partial charge in [-0.1, -0.05) is 13.8 Å². The van der Waals surface area contributed by atoms with Gasteiger partial charge in [0, 0.05) is 31.7 Å². The highest BCUT2D eigenvalue weighted by molar-refractivity contribution is 4.94. The summed E-state index contributed by atoms with van der Waals surface area (Å²) in [5.41, 5.74) is 0. The minimum atomic E-state index is -4.04. The van der Waals surface area contributed by atoms with E-state index in [0.717, 1.165) is 19.5 Å². The fourth-order valence-electron chi connectivity index (χ4n) is 3.02. The molecule has 1 saturated carbocycles. The smallest absolute Gasteiger partial charge is 0.311 e. The van der Waals surface area contributed by atoms with Gasteiger partial charge >= 0.3 is 6.18 Å². The molecule has 1 aliphatic carbocycles. The van der Waals surface area contributed by atoms with Gasteiger partial charge in [0.1, 0.15) is 0 Å². The maximum absolute atomic E-state index is 12.4. The third kappa shape index (κ3) is 4.95. The Morgan fingerprint density at radius 3 is 2.47 bits per heavy atom. The molecule has 112 valence electrons. The van der Waals surface area contributed by atoms with Gasteiger partial charge in [0.05, 0.1) is 6.42 Å². The summed E-state index contributed by atoms with van der Waals surface area (Å²) in [4.78, 5) is 2.08. The highest BCUT2D eigenvalue weighted by atomic mass is 19.4. The number of hydrogen-bond donors (Lipinski definition) is 1. The van der Waals surface area contributed by atoms with Crippen LogP contribution in [-0.2, 0) is 0 Å². The highest BCUT2D eigenvalue weighted by Gasteiger charge is 2.38. The first-order valence-corrected chi connectivity index (χ1v) is 7.39. The molecule has 1 aliphatic heterocycles. The topological polar surface area (TPSA) is 15.3 Å². The van der Waals surface area contributed by atoms with Crippen molar-refractivity contribution < 1.29 is 13.2 Å². The minimum absolute atomic E-state index is 0.159. The Kier molecular flexibility index (Phi) is 4.77. The molecule has 19 heavy (non-hydrogen) atoms. The van der Waals surface area contributed by atoms with E-state index in [4.69, 9.17) is 0 Å². The van der Waals surface area contributed by atoms with Crippen molar-refractivity contribution in [1.82, 2.24) is 10.2 Å². The van der Waals surface area contributed by atoms with Gasteiger partial charge in [-0.15, -0.1) is 0 Å². The minimum Gasteiger partial charge on any atom is -0.311 e. The first-order chi connectivity index (χ1) is 8.85. The molecule has 2 rings (SSSR count). The number of nitrogens with zero attached hydrogens (tertiary/aromatic N) is 1. The van der Waals surface area contributed by atoms with Crippen LogP contribution in [0.1, 0.15) is 39.5 Å². The van der Waals surface area contributed by atoms with E-state index in [1.807, 2.05) is 0 Å². The Balaban J connectivity index is 1.89. The number of halogens is 3. The Morgan fingerprint density at radius 2 is 1.95 bits per heavy atom. The summed E-state index contributed by atoms with van der Waals surface area (Å²) in [5.74, 6) is 1.23. The lowest BCUT2D eigenvalue weighted by Crippen LogP contribution is -2.58. The maximum atomic E-state index is 12.4. The second kappa shape index (κ2) is 6.00.